The molecular formula is C23H26N6. The van der Waals surface area contributed by atoms with Crippen LogP contribution in [0.4, 0.5) is 0 Å². The van der Waals surface area contributed by atoms with E-state index in [1.54, 1.807) is 0 Å². The molecule has 1 N–H and O–H groups in total. The van der Waals surface area contributed by atoms with Crippen LogP contribution in [0.3, 0.4) is 0 Å². The highest BCUT2D eigenvalue weighted by Crippen LogP contribution is 2.40. The largest absolute Gasteiger partial charge is 0.212 e. The van der Waals surface area contributed by atoms with Crippen LogP contribution < -0.4 is 0 Å². The van der Waals surface area contributed by atoms with Gasteiger partial charge in [0, 0.05) is 5.56 Å². The second kappa shape index (κ2) is 6.94. The van der Waals surface area contributed by atoms with Crippen molar-refractivity contribution in [1.82, 2.24) is 30.4 Å². The molecule has 0 amide bonds. The summed E-state index contributed by atoms with van der Waals surface area (Å²) in [5, 5.41) is 21.0. The SMILES string of the molecule is c1cc(C2CCCC2)c2nnn(-c3ccc4n[nH]nc4c3C3CCCCC3)c2c1. The average molecular weight is 387 g/mol. The molecule has 4 aromatic rings. The highest BCUT2D eigenvalue weighted by molar-refractivity contribution is 5.85. The molecule has 2 aliphatic carbocycles. The van der Waals surface area contributed by atoms with E-state index in [-0.39, 0.29) is 0 Å². The lowest BCUT2D eigenvalue weighted by atomic mass is 9.82. The molecule has 6 nitrogen and oxygen atoms in total. The molecule has 2 aromatic carbocycles. The third-order valence-corrected chi connectivity index (χ3v) is 7.05. The highest BCUT2D eigenvalue weighted by Gasteiger charge is 2.26. The van der Waals surface area contributed by atoms with Gasteiger partial charge >= 0.3 is 0 Å². The van der Waals surface area contributed by atoms with Gasteiger partial charge in [-0.3, -0.25) is 0 Å². The van der Waals surface area contributed by atoms with Crippen molar-refractivity contribution in [3.63, 3.8) is 0 Å². The first kappa shape index (κ1) is 17.1. The Hall–Kier alpha value is -2.76. The number of rotatable bonds is 3. The Morgan fingerprint density at radius 1 is 0.793 bits per heavy atom. The summed E-state index contributed by atoms with van der Waals surface area (Å²) in [7, 11) is 0. The lowest BCUT2D eigenvalue weighted by Crippen LogP contribution is -2.10. The van der Waals surface area contributed by atoms with Gasteiger partial charge in [-0.2, -0.15) is 15.4 Å². The van der Waals surface area contributed by atoms with E-state index < -0.39 is 0 Å². The summed E-state index contributed by atoms with van der Waals surface area (Å²) in [6.45, 7) is 0. The number of benzene rings is 2. The molecule has 2 aliphatic rings. The van der Waals surface area contributed by atoms with Crippen molar-refractivity contribution in [2.45, 2.75) is 69.6 Å². The van der Waals surface area contributed by atoms with E-state index in [1.807, 2.05) is 4.68 Å². The quantitative estimate of drug-likeness (QED) is 0.512. The fourth-order valence-electron chi connectivity index (χ4n) is 5.61. The van der Waals surface area contributed by atoms with Gasteiger partial charge in [0.1, 0.15) is 16.6 Å². The summed E-state index contributed by atoms with van der Waals surface area (Å²) < 4.78 is 2.05. The van der Waals surface area contributed by atoms with E-state index >= 15 is 0 Å². The summed E-state index contributed by atoms with van der Waals surface area (Å²) >= 11 is 0. The van der Waals surface area contributed by atoms with Gasteiger partial charge in [0.05, 0.1) is 11.2 Å². The Kier molecular flexibility index (Phi) is 4.10. The summed E-state index contributed by atoms with van der Waals surface area (Å²) in [5.41, 5.74) is 7.87. The van der Waals surface area contributed by atoms with E-state index in [0.717, 1.165) is 27.8 Å². The van der Waals surface area contributed by atoms with Crippen molar-refractivity contribution < 1.29 is 0 Å². The minimum Gasteiger partial charge on any atom is -0.212 e. The van der Waals surface area contributed by atoms with Crippen LogP contribution in [0, 0.1) is 0 Å². The Morgan fingerprint density at radius 3 is 2.45 bits per heavy atom. The summed E-state index contributed by atoms with van der Waals surface area (Å²) in [5.74, 6) is 1.13. The number of aromatic amines is 1. The van der Waals surface area contributed by atoms with Crippen molar-refractivity contribution >= 4 is 22.1 Å². The molecule has 2 aromatic heterocycles. The molecule has 2 saturated carbocycles. The summed E-state index contributed by atoms with van der Waals surface area (Å²) in [6, 6.07) is 10.8. The first-order valence-corrected chi connectivity index (χ1v) is 11.1. The Bertz CT molecular complexity index is 1160. The zero-order valence-corrected chi connectivity index (χ0v) is 16.6. The van der Waals surface area contributed by atoms with Crippen molar-refractivity contribution in [1.29, 1.82) is 0 Å². The van der Waals surface area contributed by atoms with E-state index in [1.165, 1.54) is 68.9 Å². The van der Waals surface area contributed by atoms with Gasteiger partial charge in [-0.1, -0.05) is 49.5 Å². The molecule has 0 spiro atoms. The number of H-pyrrole nitrogens is 1. The Balaban J connectivity index is 1.55. The molecule has 2 heterocycles. The molecule has 2 fully saturated rings. The first-order chi connectivity index (χ1) is 14.4. The van der Waals surface area contributed by atoms with Crippen LogP contribution in [0.2, 0.25) is 0 Å². The molecule has 6 heteroatoms. The monoisotopic (exact) mass is 386 g/mol. The molecule has 6 rings (SSSR count). The van der Waals surface area contributed by atoms with Crippen LogP contribution in [0.15, 0.2) is 30.3 Å². The third kappa shape index (κ3) is 2.76. The third-order valence-electron chi connectivity index (χ3n) is 7.05. The van der Waals surface area contributed by atoms with Crippen molar-refractivity contribution in [3.05, 3.63) is 41.5 Å². The van der Waals surface area contributed by atoms with Gasteiger partial charge in [0.15, 0.2) is 0 Å². The van der Waals surface area contributed by atoms with Gasteiger partial charge in [0.25, 0.3) is 0 Å². The van der Waals surface area contributed by atoms with Crippen molar-refractivity contribution in [2.24, 2.45) is 0 Å². The average Bonchev–Trinajstić information content (AvgIpc) is 3.53. The van der Waals surface area contributed by atoms with E-state index in [4.69, 9.17) is 0 Å². The van der Waals surface area contributed by atoms with Crippen molar-refractivity contribution in [2.75, 3.05) is 0 Å². The fourth-order valence-corrected chi connectivity index (χ4v) is 5.61. The topological polar surface area (TPSA) is 72.3 Å². The number of fused-ring (bicyclic) bond motifs is 2. The van der Waals surface area contributed by atoms with Crippen LogP contribution in [-0.2, 0) is 0 Å². The molecule has 0 aliphatic heterocycles. The molecular weight excluding hydrogens is 360 g/mol. The van der Waals surface area contributed by atoms with Crippen LogP contribution in [0.25, 0.3) is 27.8 Å². The molecule has 29 heavy (non-hydrogen) atoms. The molecule has 0 unspecified atom stereocenters. The summed E-state index contributed by atoms with van der Waals surface area (Å²) in [4.78, 5) is 0. The van der Waals surface area contributed by atoms with E-state index in [0.29, 0.717) is 11.8 Å². The maximum Gasteiger partial charge on any atom is 0.118 e. The van der Waals surface area contributed by atoms with Crippen LogP contribution in [-0.4, -0.2) is 30.4 Å². The number of hydrogen-bond acceptors (Lipinski definition) is 4. The van der Waals surface area contributed by atoms with Gasteiger partial charge < -0.3 is 0 Å². The maximum absolute atomic E-state index is 4.66. The van der Waals surface area contributed by atoms with Gasteiger partial charge in [-0.25, -0.2) is 4.68 Å². The minimum absolute atomic E-state index is 0.504. The lowest BCUT2D eigenvalue weighted by Gasteiger charge is -2.24. The maximum atomic E-state index is 4.66. The predicted molar refractivity (Wildman–Crippen MR) is 113 cm³/mol. The molecule has 0 radical (unpaired) electrons. The Labute approximate surface area is 169 Å². The zero-order chi connectivity index (χ0) is 19.2. The number of nitrogens with one attached hydrogen (secondary N) is 1. The first-order valence-electron chi connectivity index (χ1n) is 11.1. The van der Waals surface area contributed by atoms with Gasteiger partial charge in [-0.15, -0.1) is 5.10 Å². The molecule has 0 atom stereocenters. The normalized spacial score (nSPS) is 18.9. The highest BCUT2D eigenvalue weighted by atomic mass is 15.4. The number of nitrogens with zero attached hydrogens (tertiary/aromatic N) is 5. The van der Waals surface area contributed by atoms with Crippen LogP contribution in [0.5, 0.6) is 0 Å². The standard InChI is InChI=1S/C23H26N6/c1-2-9-16(10-3-1)21-19(14-13-18-23(21)25-27-24-18)29-20-12-6-11-17(22(20)26-28-29)15-7-4-5-8-15/h6,11-16H,1-5,7-10H2,(H,24,25,27). The van der Waals surface area contributed by atoms with Crippen molar-refractivity contribution in [3.8, 4) is 5.69 Å². The molecule has 0 bridgehead atoms. The fraction of sp³-hybridized carbons (Fsp3) is 0.478. The number of hydrogen-bond donors (Lipinski definition) is 1. The Morgan fingerprint density at radius 2 is 1.59 bits per heavy atom. The summed E-state index contributed by atoms with van der Waals surface area (Å²) in [6.07, 6.45) is 11.5. The van der Waals surface area contributed by atoms with E-state index in [9.17, 15) is 0 Å². The second-order valence-electron chi connectivity index (χ2n) is 8.72. The van der Waals surface area contributed by atoms with Gasteiger partial charge in [0.2, 0.25) is 0 Å². The van der Waals surface area contributed by atoms with Crippen LogP contribution in [0.1, 0.15) is 80.8 Å². The minimum atomic E-state index is 0.504. The molecule has 0 saturated heterocycles. The number of aromatic nitrogens is 6. The zero-order valence-electron chi connectivity index (χ0n) is 16.6. The van der Waals surface area contributed by atoms with Crippen LogP contribution >= 0.6 is 0 Å². The molecule has 148 valence electrons. The van der Waals surface area contributed by atoms with Gasteiger partial charge in [-0.05, 0) is 61.3 Å². The predicted octanol–water partition coefficient (Wildman–Crippen LogP) is 5.40. The van der Waals surface area contributed by atoms with E-state index in [2.05, 4.69) is 56.1 Å². The lowest BCUT2D eigenvalue weighted by molar-refractivity contribution is 0.444. The smallest absolute Gasteiger partial charge is 0.118 e. The second-order valence-corrected chi connectivity index (χ2v) is 8.72.